The van der Waals surface area contributed by atoms with Crippen molar-refractivity contribution in [2.24, 2.45) is 5.73 Å². The number of rotatable bonds is 2. The molecule has 4 nitrogen and oxygen atoms in total. The Morgan fingerprint density at radius 3 is 3.07 bits per heavy atom. The number of carbonyl (C=O) groups excluding carboxylic acids is 1. The van der Waals surface area contributed by atoms with E-state index >= 15 is 0 Å². The lowest BCUT2D eigenvalue weighted by Crippen LogP contribution is -2.11. The van der Waals surface area contributed by atoms with Gasteiger partial charge in [0.15, 0.2) is 0 Å². The van der Waals surface area contributed by atoms with Crippen molar-refractivity contribution in [3.63, 3.8) is 0 Å². The predicted molar refractivity (Wildman–Crippen MR) is 51.5 cm³/mol. The van der Waals surface area contributed by atoms with Gasteiger partial charge in [0.25, 0.3) is 0 Å². The van der Waals surface area contributed by atoms with Crippen molar-refractivity contribution < 1.29 is 9.53 Å². The van der Waals surface area contributed by atoms with E-state index in [4.69, 9.17) is 10.5 Å². The second kappa shape index (κ2) is 5.00. The molecule has 0 saturated heterocycles. The smallest absolute Gasteiger partial charge is 0.250 e. The highest BCUT2D eigenvalue weighted by atomic mass is 16.5. The van der Waals surface area contributed by atoms with Gasteiger partial charge in [-0.2, -0.15) is 0 Å². The van der Waals surface area contributed by atoms with Gasteiger partial charge in [-0.15, -0.1) is 0 Å². The summed E-state index contributed by atoms with van der Waals surface area (Å²) in [6, 6.07) is 1.60. The Hall–Kier alpha value is -1.86. The SMILES string of the molecule is COCC#Cc1cncc(C(N)=O)c1. The van der Waals surface area contributed by atoms with E-state index in [2.05, 4.69) is 16.8 Å². The Balaban J connectivity index is 2.85. The number of amides is 1. The van der Waals surface area contributed by atoms with Crippen LogP contribution < -0.4 is 5.73 Å². The minimum absolute atomic E-state index is 0.348. The number of ether oxygens (including phenoxy) is 1. The van der Waals surface area contributed by atoms with Gasteiger partial charge in [0.1, 0.15) is 6.61 Å². The quantitative estimate of drug-likeness (QED) is 0.676. The van der Waals surface area contributed by atoms with E-state index < -0.39 is 5.91 Å². The zero-order valence-electron chi connectivity index (χ0n) is 7.78. The number of nitrogens with zero attached hydrogens (tertiary/aromatic N) is 1. The summed E-state index contributed by atoms with van der Waals surface area (Å²) in [7, 11) is 1.56. The Kier molecular flexibility index (Phi) is 3.65. The minimum atomic E-state index is -0.507. The minimum Gasteiger partial charge on any atom is -0.372 e. The Morgan fingerprint density at radius 2 is 2.43 bits per heavy atom. The number of carbonyl (C=O) groups is 1. The molecule has 1 heterocycles. The largest absolute Gasteiger partial charge is 0.372 e. The van der Waals surface area contributed by atoms with Crippen LogP contribution in [0.4, 0.5) is 0 Å². The molecule has 0 aliphatic heterocycles. The van der Waals surface area contributed by atoms with E-state index in [0.717, 1.165) is 0 Å². The molecule has 0 spiro atoms. The van der Waals surface area contributed by atoms with Crippen LogP contribution in [0.3, 0.4) is 0 Å². The zero-order chi connectivity index (χ0) is 10.4. The molecule has 0 bridgehead atoms. The van der Waals surface area contributed by atoms with E-state index in [1.54, 1.807) is 19.4 Å². The van der Waals surface area contributed by atoms with Crippen molar-refractivity contribution in [3.8, 4) is 11.8 Å². The summed E-state index contributed by atoms with van der Waals surface area (Å²) in [5, 5.41) is 0. The summed E-state index contributed by atoms with van der Waals surface area (Å²) in [4.78, 5) is 14.6. The number of hydrogen-bond acceptors (Lipinski definition) is 3. The van der Waals surface area contributed by atoms with Crippen LogP contribution in [0.2, 0.25) is 0 Å². The van der Waals surface area contributed by atoms with E-state index in [0.29, 0.717) is 17.7 Å². The number of hydrogen-bond donors (Lipinski definition) is 1. The molecule has 0 fully saturated rings. The Morgan fingerprint density at radius 1 is 1.64 bits per heavy atom. The molecule has 72 valence electrons. The Labute approximate surface area is 82.1 Å². The molecule has 0 aromatic carbocycles. The molecular weight excluding hydrogens is 180 g/mol. The summed E-state index contributed by atoms with van der Waals surface area (Å²) in [6.07, 6.45) is 2.97. The molecule has 1 rings (SSSR count). The summed E-state index contributed by atoms with van der Waals surface area (Å²) in [5.74, 6) is 5.04. The first-order valence-corrected chi connectivity index (χ1v) is 3.96. The number of primary amides is 1. The van der Waals surface area contributed by atoms with Crippen LogP contribution in [-0.4, -0.2) is 24.6 Å². The molecule has 2 N–H and O–H groups in total. The van der Waals surface area contributed by atoms with Crippen molar-refractivity contribution in [2.75, 3.05) is 13.7 Å². The van der Waals surface area contributed by atoms with Gasteiger partial charge in [-0.1, -0.05) is 11.8 Å². The highest BCUT2D eigenvalue weighted by Gasteiger charge is 1.99. The molecule has 1 amide bonds. The molecular formula is C10H10N2O2. The van der Waals surface area contributed by atoms with Crippen LogP contribution in [0, 0.1) is 11.8 Å². The van der Waals surface area contributed by atoms with E-state index in [-0.39, 0.29) is 0 Å². The summed E-state index contributed by atoms with van der Waals surface area (Å²) in [5.41, 5.74) is 6.09. The number of pyridine rings is 1. The predicted octanol–water partition coefficient (Wildman–Crippen LogP) is 0.178. The van der Waals surface area contributed by atoms with Gasteiger partial charge in [-0.25, -0.2) is 0 Å². The standard InChI is InChI=1S/C10H10N2O2/c1-14-4-2-3-8-5-9(10(11)13)7-12-6-8/h5-7H,4H2,1H3,(H2,11,13). The summed E-state index contributed by atoms with van der Waals surface area (Å²) >= 11 is 0. The molecule has 0 radical (unpaired) electrons. The number of nitrogens with two attached hydrogens (primary N) is 1. The Bertz CT molecular complexity index is 391. The first kappa shape index (κ1) is 10.2. The van der Waals surface area contributed by atoms with Crippen LogP contribution in [0.5, 0.6) is 0 Å². The fourth-order valence-electron chi connectivity index (χ4n) is 0.853. The van der Waals surface area contributed by atoms with Crippen LogP contribution >= 0.6 is 0 Å². The molecule has 0 saturated carbocycles. The van der Waals surface area contributed by atoms with Gasteiger partial charge in [-0.05, 0) is 6.07 Å². The second-order valence-electron chi connectivity index (χ2n) is 2.56. The highest BCUT2D eigenvalue weighted by Crippen LogP contribution is 1.99. The van der Waals surface area contributed by atoms with E-state index in [9.17, 15) is 4.79 Å². The zero-order valence-corrected chi connectivity index (χ0v) is 7.78. The summed E-state index contributed by atoms with van der Waals surface area (Å²) < 4.78 is 4.76. The lowest BCUT2D eigenvalue weighted by molar-refractivity contribution is 0.1000. The average Bonchev–Trinajstić information content (AvgIpc) is 2.19. The average molecular weight is 190 g/mol. The first-order chi connectivity index (χ1) is 6.74. The van der Waals surface area contributed by atoms with Gasteiger partial charge in [0.2, 0.25) is 5.91 Å². The molecule has 14 heavy (non-hydrogen) atoms. The van der Waals surface area contributed by atoms with Crippen LogP contribution in [0.1, 0.15) is 15.9 Å². The fourth-order valence-corrected chi connectivity index (χ4v) is 0.853. The highest BCUT2D eigenvalue weighted by molar-refractivity contribution is 5.92. The van der Waals surface area contributed by atoms with Crippen molar-refractivity contribution >= 4 is 5.91 Å². The second-order valence-corrected chi connectivity index (χ2v) is 2.56. The third-order valence-electron chi connectivity index (χ3n) is 1.47. The number of aromatic nitrogens is 1. The molecule has 0 atom stereocenters. The number of methoxy groups -OCH3 is 1. The van der Waals surface area contributed by atoms with Gasteiger partial charge in [0.05, 0.1) is 5.56 Å². The maximum atomic E-state index is 10.8. The molecule has 0 aliphatic carbocycles. The van der Waals surface area contributed by atoms with Crippen molar-refractivity contribution in [3.05, 3.63) is 29.6 Å². The maximum Gasteiger partial charge on any atom is 0.250 e. The van der Waals surface area contributed by atoms with Crippen molar-refractivity contribution in [2.45, 2.75) is 0 Å². The van der Waals surface area contributed by atoms with Gasteiger partial charge in [0, 0.05) is 25.1 Å². The van der Waals surface area contributed by atoms with Crippen molar-refractivity contribution in [1.82, 2.24) is 4.98 Å². The monoisotopic (exact) mass is 190 g/mol. The maximum absolute atomic E-state index is 10.8. The van der Waals surface area contributed by atoms with Crippen LogP contribution in [0.15, 0.2) is 18.5 Å². The van der Waals surface area contributed by atoms with Gasteiger partial charge >= 0.3 is 0 Å². The van der Waals surface area contributed by atoms with Crippen molar-refractivity contribution in [1.29, 1.82) is 0 Å². The molecule has 0 aliphatic rings. The molecule has 0 unspecified atom stereocenters. The summed E-state index contributed by atoms with van der Waals surface area (Å²) in [6.45, 7) is 0.348. The molecule has 1 aromatic rings. The first-order valence-electron chi connectivity index (χ1n) is 3.96. The lowest BCUT2D eigenvalue weighted by atomic mass is 10.2. The van der Waals surface area contributed by atoms with Crippen LogP contribution in [-0.2, 0) is 4.74 Å². The topological polar surface area (TPSA) is 65.2 Å². The third-order valence-corrected chi connectivity index (χ3v) is 1.47. The molecule has 4 heteroatoms. The van der Waals surface area contributed by atoms with E-state index in [1.807, 2.05) is 0 Å². The van der Waals surface area contributed by atoms with Gasteiger partial charge < -0.3 is 10.5 Å². The fraction of sp³-hybridized carbons (Fsp3) is 0.200. The normalized spacial score (nSPS) is 8.93. The van der Waals surface area contributed by atoms with E-state index in [1.165, 1.54) is 6.20 Å². The third kappa shape index (κ3) is 2.88. The molecule has 1 aromatic heterocycles. The lowest BCUT2D eigenvalue weighted by Gasteiger charge is -1.94. The van der Waals surface area contributed by atoms with Gasteiger partial charge in [-0.3, -0.25) is 9.78 Å². The van der Waals surface area contributed by atoms with Crippen LogP contribution in [0.25, 0.3) is 0 Å².